The highest BCUT2D eigenvalue weighted by Gasteiger charge is 2.53. The molecule has 4 atom stereocenters. The quantitative estimate of drug-likeness (QED) is 0.663. The molecule has 5 nitrogen and oxygen atoms in total. The van der Waals surface area contributed by atoms with Crippen LogP contribution in [0, 0.1) is 18.7 Å². The molecule has 3 aliphatic rings. The van der Waals surface area contributed by atoms with Gasteiger partial charge in [-0.3, -0.25) is 14.5 Å². The van der Waals surface area contributed by atoms with Crippen LogP contribution in [-0.2, 0) is 14.3 Å². The molecule has 0 spiro atoms. The summed E-state index contributed by atoms with van der Waals surface area (Å²) in [5.74, 6) is -1.11. The summed E-state index contributed by atoms with van der Waals surface area (Å²) >= 11 is 7.65. The number of Topliss-reactive ketones (excluding diaryl/α,β-unsaturated/α-hetero) is 1. The van der Waals surface area contributed by atoms with Gasteiger partial charge in [-0.25, -0.2) is 9.37 Å². The van der Waals surface area contributed by atoms with Gasteiger partial charge in [0, 0.05) is 10.8 Å². The minimum absolute atomic E-state index is 0.0787. The van der Waals surface area contributed by atoms with Crippen LogP contribution in [0.25, 0.3) is 0 Å². The van der Waals surface area contributed by atoms with E-state index >= 15 is 0 Å². The van der Waals surface area contributed by atoms with Crippen LogP contribution in [0.2, 0.25) is 0 Å². The van der Waals surface area contributed by atoms with Crippen LogP contribution in [0.5, 0.6) is 0 Å². The lowest BCUT2D eigenvalue weighted by atomic mass is 9.77. The molecule has 1 aromatic heterocycles. The Hall–Kier alpha value is -2.25. The van der Waals surface area contributed by atoms with Gasteiger partial charge in [0.05, 0.1) is 23.2 Å². The minimum atomic E-state index is -0.687. The van der Waals surface area contributed by atoms with Crippen LogP contribution < -0.4 is 4.90 Å². The molecule has 1 amide bonds. The SMILES string of the molecule is Cc1csc(N2C(=O)C3=C(C(=O)C4CC(Cl)CCC4O3)C2c2ccc(F)cc2)n1. The maximum absolute atomic E-state index is 13.5. The highest BCUT2D eigenvalue weighted by atomic mass is 35.5. The lowest BCUT2D eigenvalue weighted by Gasteiger charge is -2.37. The molecule has 4 unspecified atom stereocenters. The first-order chi connectivity index (χ1) is 13.9. The van der Waals surface area contributed by atoms with Gasteiger partial charge in [-0.05, 0) is 43.9 Å². The minimum Gasteiger partial charge on any atom is -0.483 e. The number of hydrogen-bond donors (Lipinski definition) is 0. The molecule has 29 heavy (non-hydrogen) atoms. The highest BCUT2D eigenvalue weighted by molar-refractivity contribution is 7.14. The molecular weight excluding hydrogens is 415 g/mol. The van der Waals surface area contributed by atoms with E-state index in [1.165, 1.54) is 28.4 Å². The Morgan fingerprint density at radius 3 is 2.69 bits per heavy atom. The predicted octanol–water partition coefficient (Wildman–Crippen LogP) is 4.31. The number of halogens is 2. The number of carbonyl (C=O) groups is 2. The molecule has 8 heteroatoms. The summed E-state index contributed by atoms with van der Waals surface area (Å²) in [7, 11) is 0. The van der Waals surface area contributed by atoms with Crippen LogP contribution in [0.1, 0.15) is 36.6 Å². The number of amides is 1. The van der Waals surface area contributed by atoms with Crippen molar-refractivity contribution in [2.24, 2.45) is 5.92 Å². The van der Waals surface area contributed by atoms with Crippen molar-refractivity contribution in [2.45, 2.75) is 43.7 Å². The van der Waals surface area contributed by atoms with Gasteiger partial charge < -0.3 is 4.74 Å². The summed E-state index contributed by atoms with van der Waals surface area (Å²) in [6.07, 6.45) is 1.60. The van der Waals surface area contributed by atoms with E-state index in [1.54, 1.807) is 12.1 Å². The van der Waals surface area contributed by atoms with Gasteiger partial charge in [0.25, 0.3) is 5.91 Å². The third-order valence-electron chi connectivity index (χ3n) is 5.78. The van der Waals surface area contributed by atoms with E-state index in [4.69, 9.17) is 16.3 Å². The Labute approximate surface area is 176 Å². The molecule has 150 valence electrons. The van der Waals surface area contributed by atoms with E-state index in [9.17, 15) is 14.0 Å². The molecule has 0 bridgehead atoms. The average Bonchev–Trinajstić information content (AvgIpc) is 3.25. The van der Waals surface area contributed by atoms with Crippen molar-refractivity contribution >= 4 is 39.8 Å². The van der Waals surface area contributed by atoms with E-state index < -0.39 is 6.04 Å². The number of anilines is 1. The third kappa shape index (κ3) is 2.99. The molecule has 1 saturated carbocycles. The van der Waals surface area contributed by atoms with E-state index in [-0.39, 0.29) is 40.7 Å². The van der Waals surface area contributed by atoms with Crippen molar-refractivity contribution < 1.29 is 18.7 Å². The first-order valence-electron chi connectivity index (χ1n) is 9.54. The van der Waals surface area contributed by atoms with Crippen LogP contribution in [-0.4, -0.2) is 28.2 Å². The number of hydrogen-bond acceptors (Lipinski definition) is 5. The summed E-state index contributed by atoms with van der Waals surface area (Å²) in [5.41, 5.74) is 1.76. The summed E-state index contributed by atoms with van der Waals surface area (Å²) < 4.78 is 19.6. The Morgan fingerprint density at radius 1 is 1.24 bits per heavy atom. The summed E-state index contributed by atoms with van der Waals surface area (Å²) in [4.78, 5) is 32.8. The second-order valence-corrected chi connectivity index (χ2v) is 9.13. The van der Waals surface area contributed by atoms with Crippen molar-refractivity contribution in [1.82, 2.24) is 4.98 Å². The zero-order valence-corrected chi connectivity index (χ0v) is 17.2. The molecular formula is C21H18ClFN2O3S. The Balaban J connectivity index is 1.64. The first kappa shape index (κ1) is 18.8. The maximum atomic E-state index is 13.5. The molecule has 5 rings (SSSR count). The normalized spacial score (nSPS) is 29.0. The topological polar surface area (TPSA) is 59.5 Å². The number of ether oxygens (including phenoxy) is 1. The second kappa shape index (κ2) is 6.92. The molecule has 0 radical (unpaired) electrons. The fourth-order valence-corrected chi connectivity index (χ4v) is 5.57. The Bertz CT molecular complexity index is 1030. The lowest BCUT2D eigenvalue weighted by molar-refractivity contribution is -0.131. The van der Waals surface area contributed by atoms with Gasteiger partial charge in [-0.15, -0.1) is 22.9 Å². The van der Waals surface area contributed by atoms with Crippen molar-refractivity contribution in [3.63, 3.8) is 0 Å². The summed E-state index contributed by atoms with van der Waals surface area (Å²) in [6.45, 7) is 1.84. The largest absolute Gasteiger partial charge is 0.483 e. The third-order valence-corrected chi connectivity index (χ3v) is 7.14. The molecule has 2 aliphatic heterocycles. The Kier molecular flexibility index (Phi) is 4.47. The first-order valence-corrected chi connectivity index (χ1v) is 10.9. The van der Waals surface area contributed by atoms with E-state index in [0.717, 1.165) is 12.1 Å². The number of thiazole rings is 1. The van der Waals surface area contributed by atoms with Gasteiger partial charge in [0.15, 0.2) is 16.7 Å². The van der Waals surface area contributed by atoms with E-state index in [2.05, 4.69) is 4.98 Å². The van der Waals surface area contributed by atoms with Gasteiger partial charge >= 0.3 is 0 Å². The number of aromatic nitrogens is 1. The standard InChI is InChI=1S/C21H18ClFN2O3S/c1-10-9-29-21(24-10)25-17(11-2-5-13(23)6-3-11)16-18(26)14-8-12(22)4-7-15(14)28-19(16)20(25)27/h2-3,5-6,9,12,14-15,17H,4,7-8H2,1H3. The van der Waals surface area contributed by atoms with Crippen LogP contribution in [0.15, 0.2) is 41.0 Å². The molecule has 0 N–H and O–H groups in total. The Morgan fingerprint density at radius 2 is 2.00 bits per heavy atom. The number of benzene rings is 1. The summed E-state index contributed by atoms with van der Waals surface area (Å²) in [5, 5.41) is 2.26. The van der Waals surface area contributed by atoms with Crippen molar-refractivity contribution in [3.8, 4) is 0 Å². The average molecular weight is 433 g/mol. The fraction of sp³-hybridized carbons (Fsp3) is 0.381. The van der Waals surface area contributed by atoms with Crippen LogP contribution >= 0.6 is 22.9 Å². The van der Waals surface area contributed by atoms with Crippen LogP contribution in [0.4, 0.5) is 9.52 Å². The van der Waals surface area contributed by atoms with E-state index in [1.807, 2.05) is 12.3 Å². The molecule has 0 saturated heterocycles. The predicted molar refractivity (Wildman–Crippen MR) is 107 cm³/mol. The number of carbonyl (C=O) groups excluding carboxylic acids is 2. The van der Waals surface area contributed by atoms with Crippen molar-refractivity contribution in [1.29, 1.82) is 0 Å². The van der Waals surface area contributed by atoms with Gasteiger partial charge in [0.1, 0.15) is 11.9 Å². The van der Waals surface area contributed by atoms with Crippen molar-refractivity contribution in [3.05, 3.63) is 58.1 Å². The number of alkyl halides is 1. The zero-order valence-electron chi connectivity index (χ0n) is 15.6. The smallest absolute Gasteiger partial charge is 0.296 e. The number of fused-ring (bicyclic) bond motifs is 1. The van der Waals surface area contributed by atoms with Crippen molar-refractivity contribution in [2.75, 3.05) is 4.90 Å². The molecule has 1 aromatic carbocycles. The monoisotopic (exact) mass is 432 g/mol. The number of ketones is 1. The van der Waals surface area contributed by atoms with Crippen LogP contribution in [0.3, 0.4) is 0 Å². The lowest BCUT2D eigenvalue weighted by Crippen LogP contribution is -2.41. The molecule has 1 fully saturated rings. The number of rotatable bonds is 2. The zero-order chi connectivity index (χ0) is 20.3. The number of aryl methyl sites for hydroxylation is 1. The molecule has 3 heterocycles. The van der Waals surface area contributed by atoms with Gasteiger partial charge in [0.2, 0.25) is 0 Å². The maximum Gasteiger partial charge on any atom is 0.296 e. The number of nitrogens with zero attached hydrogens (tertiary/aromatic N) is 2. The molecule has 1 aliphatic carbocycles. The van der Waals surface area contributed by atoms with E-state index in [0.29, 0.717) is 29.1 Å². The fourth-order valence-electron chi connectivity index (χ4n) is 4.43. The van der Waals surface area contributed by atoms with Gasteiger partial charge in [-0.2, -0.15) is 0 Å². The van der Waals surface area contributed by atoms with Gasteiger partial charge in [-0.1, -0.05) is 12.1 Å². The molecule has 2 aromatic rings. The second-order valence-electron chi connectivity index (χ2n) is 7.68. The highest BCUT2D eigenvalue weighted by Crippen LogP contribution is 2.49. The summed E-state index contributed by atoms with van der Waals surface area (Å²) in [6, 6.07) is 5.17.